The number of carboxylic acids is 1. The Morgan fingerprint density at radius 2 is 1.71 bits per heavy atom. The first-order chi connectivity index (χ1) is 28.0. The Kier molecular flexibility index (Phi) is 16.1. The molecule has 5 unspecified atom stereocenters. The quantitative estimate of drug-likeness (QED) is 0.205. The van der Waals surface area contributed by atoms with E-state index < -0.39 is 53.9 Å². The summed E-state index contributed by atoms with van der Waals surface area (Å²) in [6.07, 6.45) is 5.34. The summed E-state index contributed by atoms with van der Waals surface area (Å²) in [7, 11) is 1.64. The van der Waals surface area contributed by atoms with Gasteiger partial charge in [-0.15, -0.1) is 5.10 Å². The predicted octanol–water partition coefficient (Wildman–Crippen LogP) is 0.903. The molecule has 2 aromatic carbocycles. The first-order valence-corrected chi connectivity index (χ1v) is 20.0. The van der Waals surface area contributed by atoms with Crippen molar-refractivity contribution in [2.75, 3.05) is 26.7 Å². The van der Waals surface area contributed by atoms with Crippen LogP contribution in [0.5, 0.6) is 5.75 Å². The number of aliphatic carboxylic acids is 1. The average Bonchev–Trinajstić information content (AvgIpc) is 3.91. The summed E-state index contributed by atoms with van der Waals surface area (Å²) in [5.41, 5.74) is 2.08. The number of carboxylic acid groups (broad SMARTS) is 1. The number of fused-ring (bicyclic) bond motifs is 20. The molecule has 6 N–H and O–H groups in total. The number of benzene rings is 2. The maximum atomic E-state index is 14.1. The van der Waals surface area contributed by atoms with Crippen LogP contribution in [0.15, 0.2) is 60.8 Å². The number of hydrogen-bond acceptors (Lipinski definition) is 10. The van der Waals surface area contributed by atoms with E-state index in [9.17, 15) is 33.9 Å². The predicted molar refractivity (Wildman–Crippen MR) is 212 cm³/mol. The van der Waals surface area contributed by atoms with Crippen molar-refractivity contribution >= 4 is 35.5 Å². The molecule has 6 rings (SSSR count). The molecule has 0 aliphatic carbocycles. The summed E-state index contributed by atoms with van der Waals surface area (Å²) >= 11 is 0. The summed E-state index contributed by atoms with van der Waals surface area (Å²) in [6.45, 7) is 3.27. The fourth-order valence-electron chi connectivity index (χ4n) is 6.96. The SMILES string of the molecule is CNC(C)C(=O)NC1CCCCNC(=O)CCc2cn(nn2)CCCOc2ccc(cc2)CC(C(=O)O)NC(=O)C(Cc2ccccc2)NC(=O)C2CCCN2C1=O. The Labute approximate surface area is 338 Å². The van der Waals surface area contributed by atoms with E-state index in [4.69, 9.17) is 4.74 Å². The second-order valence-corrected chi connectivity index (χ2v) is 14.8. The van der Waals surface area contributed by atoms with Gasteiger partial charge in [0.1, 0.15) is 29.9 Å². The summed E-state index contributed by atoms with van der Waals surface area (Å²) in [5.74, 6) is -2.81. The van der Waals surface area contributed by atoms with Gasteiger partial charge in [-0.1, -0.05) is 47.7 Å². The minimum atomic E-state index is -1.30. The molecule has 5 amide bonds. The van der Waals surface area contributed by atoms with Crippen molar-refractivity contribution in [1.82, 2.24) is 46.5 Å². The molecule has 17 nitrogen and oxygen atoms in total. The summed E-state index contributed by atoms with van der Waals surface area (Å²) in [5, 5.41) is 32.6. The maximum Gasteiger partial charge on any atom is 0.326 e. The molecule has 4 heterocycles. The van der Waals surface area contributed by atoms with Gasteiger partial charge in [0.25, 0.3) is 0 Å². The molecule has 3 aliphatic rings. The van der Waals surface area contributed by atoms with Crippen molar-refractivity contribution in [3.05, 3.63) is 77.6 Å². The van der Waals surface area contributed by atoms with Crippen LogP contribution in [-0.2, 0) is 54.6 Å². The normalized spacial score (nSPS) is 22.7. The summed E-state index contributed by atoms with van der Waals surface area (Å²) < 4.78 is 7.58. The number of nitrogens with one attached hydrogen (secondary N) is 5. The number of carbonyl (C=O) groups excluding carboxylic acids is 5. The van der Waals surface area contributed by atoms with E-state index in [1.165, 1.54) is 4.90 Å². The van der Waals surface area contributed by atoms with E-state index in [2.05, 4.69) is 36.9 Å². The van der Waals surface area contributed by atoms with Crippen molar-refractivity contribution in [1.29, 1.82) is 0 Å². The van der Waals surface area contributed by atoms with Gasteiger partial charge >= 0.3 is 5.97 Å². The zero-order chi connectivity index (χ0) is 41.4. The molecule has 3 aromatic rings. The molecule has 5 atom stereocenters. The number of carbonyl (C=O) groups is 6. The maximum absolute atomic E-state index is 14.1. The molecule has 1 saturated heterocycles. The van der Waals surface area contributed by atoms with E-state index >= 15 is 0 Å². The summed E-state index contributed by atoms with van der Waals surface area (Å²) in [4.78, 5) is 81.6. The number of hydrogen-bond donors (Lipinski definition) is 6. The lowest BCUT2D eigenvalue weighted by molar-refractivity contribution is -0.143. The number of likely N-dealkylation sites (N-methyl/N-ethyl adjacent to an activating group) is 1. The summed E-state index contributed by atoms with van der Waals surface area (Å²) in [6, 6.07) is 11.1. The third-order valence-corrected chi connectivity index (χ3v) is 10.4. The second kappa shape index (κ2) is 21.6. The van der Waals surface area contributed by atoms with Gasteiger partial charge in [0.2, 0.25) is 29.5 Å². The van der Waals surface area contributed by atoms with Crippen molar-refractivity contribution in [3.63, 3.8) is 0 Å². The minimum Gasteiger partial charge on any atom is -0.494 e. The molecule has 1 aromatic heterocycles. The first-order valence-electron chi connectivity index (χ1n) is 20.0. The smallest absolute Gasteiger partial charge is 0.326 e. The highest BCUT2D eigenvalue weighted by Crippen LogP contribution is 2.21. The van der Waals surface area contributed by atoms with Gasteiger partial charge in [0.05, 0.1) is 18.3 Å². The fraction of sp³-hybridized carbons (Fsp3) is 0.512. The van der Waals surface area contributed by atoms with Crippen molar-refractivity contribution in [3.8, 4) is 5.75 Å². The van der Waals surface area contributed by atoms with Crippen LogP contribution < -0.4 is 31.3 Å². The van der Waals surface area contributed by atoms with Crippen molar-refractivity contribution in [2.45, 2.75) is 108 Å². The molecule has 3 aliphatic heterocycles. The van der Waals surface area contributed by atoms with Crippen LogP contribution >= 0.6 is 0 Å². The lowest BCUT2D eigenvalue weighted by Gasteiger charge is -2.30. The Bertz CT molecular complexity index is 1850. The Balaban J connectivity index is 1.36. The third-order valence-electron chi connectivity index (χ3n) is 10.4. The van der Waals surface area contributed by atoms with Crippen LogP contribution in [0.3, 0.4) is 0 Å². The topological polar surface area (TPSA) is 226 Å². The van der Waals surface area contributed by atoms with Crippen LogP contribution in [-0.4, -0.2) is 117 Å². The third kappa shape index (κ3) is 12.8. The molecule has 0 spiro atoms. The largest absolute Gasteiger partial charge is 0.494 e. The van der Waals surface area contributed by atoms with E-state index in [0.29, 0.717) is 75.2 Å². The molecule has 0 radical (unpaired) electrons. The van der Waals surface area contributed by atoms with Crippen LogP contribution in [0.4, 0.5) is 0 Å². The highest BCUT2D eigenvalue weighted by molar-refractivity contribution is 5.96. The minimum absolute atomic E-state index is 0.0200. The highest BCUT2D eigenvalue weighted by Gasteiger charge is 2.39. The molecule has 0 saturated carbocycles. The van der Waals surface area contributed by atoms with Gasteiger partial charge in [0.15, 0.2) is 0 Å². The number of rotatable bonds is 6. The van der Waals surface area contributed by atoms with Crippen LogP contribution in [0.1, 0.15) is 68.7 Å². The Hall–Kier alpha value is -5.84. The van der Waals surface area contributed by atoms with E-state index in [1.807, 2.05) is 6.07 Å². The molecular formula is C41H55N9O8. The number of nitrogens with zero attached hydrogens (tertiary/aromatic N) is 4. The lowest BCUT2D eigenvalue weighted by Crippen LogP contribution is -2.58. The molecule has 312 valence electrons. The monoisotopic (exact) mass is 801 g/mol. The molecule has 17 heteroatoms. The van der Waals surface area contributed by atoms with Crippen molar-refractivity contribution < 1.29 is 38.6 Å². The van der Waals surface area contributed by atoms with Gasteiger partial charge in [-0.2, -0.15) is 0 Å². The molecule has 4 bridgehead atoms. The van der Waals surface area contributed by atoms with Crippen LogP contribution in [0.25, 0.3) is 0 Å². The highest BCUT2D eigenvalue weighted by atomic mass is 16.5. The van der Waals surface area contributed by atoms with E-state index in [-0.39, 0.29) is 44.0 Å². The van der Waals surface area contributed by atoms with Gasteiger partial charge < -0.3 is 41.3 Å². The van der Waals surface area contributed by atoms with Gasteiger partial charge in [-0.25, -0.2) is 4.79 Å². The van der Waals surface area contributed by atoms with Crippen LogP contribution in [0, 0.1) is 0 Å². The molecule has 58 heavy (non-hydrogen) atoms. The zero-order valence-electron chi connectivity index (χ0n) is 33.2. The van der Waals surface area contributed by atoms with Gasteiger partial charge in [-0.05, 0) is 69.3 Å². The standard InChI is InChI=1S/C41H55N9O8/c1-27(42-2)37(52)44-32-12-6-7-20-43-36(51)19-16-30-26-49(48-47-30)21-9-23-58-31-17-14-29(15-18-31)25-34(41(56)57)46-38(53)33(24-28-10-4-3-5-11-28)45-39(54)35-13-8-22-50(35)40(32)55/h3-5,10-11,14-15,17-18,26-27,32-35,42H,6-9,12-13,16,19-25H2,1-2H3,(H,43,51)(H,44,52)(H,45,54)(H,46,53)(H,56,57). The second-order valence-electron chi connectivity index (χ2n) is 14.8. The van der Waals surface area contributed by atoms with Gasteiger partial charge in [-0.3, -0.25) is 28.7 Å². The zero-order valence-corrected chi connectivity index (χ0v) is 33.2. The number of aryl methyl sites for hydroxylation is 2. The molecule has 1 fully saturated rings. The van der Waals surface area contributed by atoms with Crippen molar-refractivity contribution in [2.24, 2.45) is 0 Å². The number of ether oxygens (including phenoxy) is 1. The van der Waals surface area contributed by atoms with Crippen LogP contribution in [0.2, 0.25) is 0 Å². The first kappa shape index (κ1) is 43.3. The lowest BCUT2D eigenvalue weighted by atomic mass is 10.0. The Morgan fingerprint density at radius 3 is 2.45 bits per heavy atom. The Morgan fingerprint density at radius 1 is 0.931 bits per heavy atom. The van der Waals surface area contributed by atoms with E-state index in [0.717, 1.165) is 5.56 Å². The fourth-order valence-corrected chi connectivity index (χ4v) is 6.96. The van der Waals surface area contributed by atoms with E-state index in [1.54, 1.807) is 73.4 Å². The number of amides is 5. The molecular weight excluding hydrogens is 747 g/mol. The number of aromatic nitrogens is 3. The average molecular weight is 802 g/mol. The van der Waals surface area contributed by atoms with Gasteiger partial charge in [0, 0.05) is 57.9 Å².